The zero-order chi connectivity index (χ0) is 15.1. The number of imidazole rings is 1. The van der Waals surface area contributed by atoms with Gasteiger partial charge in [-0.2, -0.15) is 4.98 Å². The van der Waals surface area contributed by atoms with Gasteiger partial charge in [-0.1, -0.05) is 23.7 Å². The summed E-state index contributed by atoms with van der Waals surface area (Å²) < 4.78 is 7.02. The summed E-state index contributed by atoms with van der Waals surface area (Å²) in [5.74, 6) is 1.17. The van der Waals surface area contributed by atoms with Crippen LogP contribution < -0.4 is 4.74 Å². The minimum atomic E-state index is 0.501. The minimum Gasteiger partial charge on any atom is -0.481 e. The van der Waals surface area contributed by atoms with Crippen molar-refractivity contribution in [3.63, 3.8) is 0 Å². The Balaban J connectivity index is 2.12. The summed E-state index contributed by atoms with van der Waals surface area (Å²) in [7, 11) is 1.57. The molecule has 0 aliphatic rings. The van der Waals surface area contributed by atoms with Crippen molar-refractivity contribution in [2.24, 2.45) is 0 Å². The van der Waals surface area contributed by atoms with Gasteiger partial charge in [-0.25, -0.2) is 4.98 Å². The molecule has 3 heterocycles. The molecule has 22 heavy (non-hydrogen) atoms. The number of rotatable bonds is 2. The van der Waals surface area contributed by atoms with Gasteiger partial charge in [0.05, 0.1) is 18.3 Å². The third-order valence-electron chi connectivity index (χ3n) is 3.37. The van der Waals surface area contributed by atoms with E-state index >= 15 is 0 Å². The summed E-state index contributed by atoms with van der Waals surface area (Å²) >= 11 is 6.29. The number of benzene rings is 1. The zero-order valence-corrected chi connectivity index (χ0v) is 12.3. The molecule has 7 heteroatoms. The summed E-state index contributed by atoms with van der Waals surface area (Å²) in [5.41, 5.74) is 2.68. The highest BCUT2D eigenvalue weighted by molar-refractivity contribution is 6.33. The second-order valence-corrected chi connectivity index (χ2v) is 5.06. The third kappa shape index (κ3) is 1.88. The van der Waals surface area contributed by atoms with E-state index in [1.165, 1.54) is 0 Å². The fourth-order valence-corrected chi connectivity index (χ4v) is 2.56. The summed E-state index contributed by atoms with van der Waals surface area (Å²) in [6.07, 6.45) is 1.65. The molecular weight excluding hydrogens is 302 g/mol. The second kappa shape index (κ2) is 4.92. The first-order valence-corrected chi connectivity index (χ1v) is 6.95. The molecule has 0 radical (unpaired) electrons. The molecule has 0 amide bonds. The van der Waals surface area contributed by atoms with E-state index in [4.69, 9.17) is 16.3 Å². The summed E-state index contributed by atoms with van der Waals surface area (Å²) in [6, 6.07) is 11.1. The van der Waals surface area contributed by atoms with Crippen molar-refractivity contribution >= 4 is 28.4 Å². The molecule has 6 nitrogen and oxygen atoms in total. The van der Waals surface area contributed by atoms with E-state index in [0.717, 1.165) is 5.56 Å². The van der Waals surface area contributed by atoms with E-state index in [0.29, 0.717) is 33.5 Å². The molecule has 108 valence electrons. The number of hydrogen-bond donors (Lipinski definition) is 0. The highest BCUT2D eigenvalue weighted by Gasteiger charge is 2.14. The normalized spacial score (nSPS) is 11.2. The van der Waals surface area contributed by atoms with Crippen LogP contribution in [0.4, 0.5) is 0 Å². The topological polar surface area (TPSA) is 65.2 Å². The lowest BCUT2D eigenvalue weighted by Gasteiger charge is -2.06. The Bertz CT molecular complexity index is 998. The van der Waals surface area contributed by atoms with Crippen molar-refractivity contribution < 1.29 is 4.74 Å². The fraction of sp³-hybridized carbons (Fsp3) is 0.0667. The molecule has 0 N–H and O–H groups in total. The van der Waals surface area contributed by atoms with Gasteiger partial charge in [0.1, 0.15) is 11.3 Å². The first-order valence-electron chi connectivity index (χ1n) is 6.58. The van der Waals surface area contributed by atoms with Crippen molar-refractivity contribution in [2.45, 2.75) is 0 Å². The number of hydrogen-bond acceptors (Lipinski definition) is 5. The molecule has 0 saturated carbocycles. The minimum absolute atomic E-state index is 0.501. The van der Waals surface area contributed by atoms with Gasteiger partial charge >= 0.3 is 0 Å². The Hall–Kier alpha value is -2.73. The first kappa shape index (κ1) is 13.0. The van der Waals surface area contributed by atoms with Crippen LogP contribution in [0.2, 0.25) is 5.02 Å². The quantitative estimate of drug-likeness (QED) is 0.569. The Kier molecular flexibility index (Phi) is 2.90. The lowest BCUT2D eigenvalue weighted by atomic mass is 10.2. The lowest BCUT2D eigenvalue weighted by molar-refractivity contribution is 0.399. The lowest BCUT2D eigenvalue weighted by Crippen LogP contribution is -2.00. The van der Waals surface area contributed by atoms with Crippen LogP contribution in [-0.2, 0) is 0 Å². The van der Waals surface area contributed by atoms with Crippen molar-refractivity contribution in [3.05, 3.63) is 47.6 Å². The fourth-order valence-electron chi connectivity index (χ4n) is 2.34. The highest BCUT2D eigenvalue weighted by Crippen LogP contribution is 2.28. The van der Waals surface area contributed by atoms with Crippen molar-refractivity contribution in [1.29, 1.82) is 0 Å². The molecule has 0 spiro atoms. The van der Waals surface area contributed by atoms with E-state index in [9.17, 15) is 0 Å². The molecule has 0 fully saturated rings. The maximum atomic E-state index is 6.29. The molecule has 1 aromatic carbocycles. The molecule has 4 aromatic rings. The Morgan fingerprint density at radius 2 is 1.95 bits per heavy atom. The third-order valence-corrected chi connectivity index (χ3v) is 3.70. The number of nitrogens with zero attached hydrogens (tertiary/aromatic N) is 5. The molecule has 0 aliphatic carbocycles. The van der Waals surface area contributed by atoms with Gasteiger partial charge in [0.15, 0.2) is 11.3 Å². The average Bonchev–Trinajstić information content (AvgIpc) is 2.99. The zero-order valence-electron chi connectivity index (χ0n) is 11.6. The maximum absolute atomic E-state index is 6.29. The van der Waals surface area contributed by atoms with Crippen LogP contribution in [0.5, 0.6) is 5.88 Å². The highest BCUT2D eigenvalue weighted by atomic mass is 35.5. The smallest absolute Gasteiger partial charge is 0.215 e. The first-order chi connectivity index (χ1) is 10.8. The Labute approximate surface area is 130 Å². The standard InChI is InChI=1S/C15H10ClN5O/c1-22-13-7-6-11-15(18-13)21-12(20-19-11)8-17-14(21)9-4-2-3-5-10(9)16/h2-8H,1H3. The predicted octanol–water partition coefficient (Wildman–Crippen LogP) is 3.00. The van der Waals surface area contributed by atoms with Crippen LogP contribution in [0.3, 0.4) is 0 Å². The van der Waals surface area contributed by atoms with Crippen molar-refractivity contribution in [1.82, 2.24) is 24.6 Å². The van der Waals surface area contributed by atoms with E-state index < -0.39 is 0 Å². The molecule has 0 bridgehead atoms. The molecule has 3 aromatic heterocycles. The maximum Gasteiger partial charge on any atom is 0.215 e. The average molecular weight is 312 g/mol. The largest absolute Gasteiger partial charge is 0.481 e. The number of ether oxygens (including phenoxy) is 1. The number of aromatic nitrogens is 5. The predicted molar refractivity (Wildman–Crippen MR) is 83.1 cm³/mol. The number of halogens is 1. The molecule has 0 unspecified atom stereocenters. The van der Waals surface area contributed by atoms with E-state index in [-0.39, 0.29) is 0 Å². The van der Waals surface area contributed by atoms with Crippen molar-refractivity contribution in [2.75, 3.05) is 7.11 Å². The molecule has 0 atom stereocenters. The van der Waals surface area contributed by atoms with E-state index in [2.05, 4.69) is 20.2 Å². The van der Waals surface area contributed by atoms with Crippen LogP contribution in [0, 0.1) is 0 Å². The van der Waals surface area contributed by atoms with Crippen LogP contribution >= 0.6 is 11.6 Å². The van der Waals surface area contributed by atoms with Gasteiger partial charge in [-0.05, 0) is 18.2 Å². The van der Waals surface area contributed by atoms with Gasteiger partial charge < -0.3 is 4.74 Å². The van der Waals surface area contributed by atoms with E-state index in [1.54, 1.807) is 19.4 Å². The molecule has 0 aliphatic heterocycles. The van der Waals surface area contributed by atoms with E-state index in [1.807, 2.05) is 34.7 Å². The molecule has 0 saturated heterocycles. The summed E-state index contributed by atoms with van der Waals surface area (Å²) in [5, 5.41) is 8.93. The Morgan fingerprint density at radius 1 is 1.09 bits per heavy atom. The number of pyridine rings is 1. The van der Waals surface area contributed by atoms with Gasteiger partial charge in [-0.15, -0.1) is 10.2 Å². The monoisotopic (exact) mass is 311 g/mol. The second-order valence-electron chi connectivity index (χ2n) is 4.65. The van der Waals surface area contributed by atoms with Crippen LogP contribution in [0.1, 0.15) is 0 Å². The van der Waals surface area contributed by atoms with Crippen LogP contribution in [0.25, 0.3) is 28.2 Å². The van der Waals surface area contributed by atoms with Crippen molar-refractivity contribution in [3.8, 4) is 17.3 Å². The SMILES string of the molecule is COc1ccc2nnc3cnc(-c4ccccc4Cl)n3c2n1. The summed E-state index contributed by atoms with van der Waals surface area (Å²) in [6.45, 7) is 0. The molecule has 4 rings (SSSR count). The van der Waals surface area contributed by atoms with Gasteiger partial charge in [-0.3, -0.25) is 4.40 Å². The Morgan fingerprint density at radius 3 is 2.77 bits per heavy atom. The van der Waals surface area contributed by atoms with Gasteiger partial charge in [0.25, 0.3) is 0 Å². The van der Waals surface area contributed by atoms with Gasteiger partial charge in [0.2, 0.25) is 5.88 Å². The number of methoxy groups -OCH3 is 1. The molecular formula is C15H10ClN5O. The van der Waals surface area contributed by atoms with Gasteiger partial charge in [0, 0.05) is 11.6 Å². The van der Waals surface area contributed by atoms with Crippen LogP contribution in [0.15, 0.2) is 42.6 Å². The van der Waals surface area contributed by atoms with Crippen LogP contribution in [-0.4, -0.2) is 31.7 Å². The summed E-state index contributed by atoms with van der Waals surface area (Å²) in [4.78, 5) is 8.89. The number of fused-ring (bicyclic) bond motifs is 3.